The van der Waals surface area contributed by atoms with Gasteiger partial charge >= 0.3 is 0 Å². The van der Waals surface area contributed by atoms with Gasteiger partial charge in [-0.05, 0) is 84.2 Å². The Hall–Kier alpha value is -2.52. The van der Waals surface area contributed by atoms with Gasteiger partial charge in [0.05, 0.1) is 15.5 Å². The van der Waals surface area contributed by atoms with Crippen molar-refractivity contribution in [1.29, 1.82) is 0 Å². The molecule has 0 unspecified atom stereocenters. The van der Waals surface area contributed by atoms with Crippen molar-refractivity contribution in [3.63, 3.8) is 0 Å². The Balaban J connectivity index is 1.58. The molecule has 2 amide bonds. The van der Waals surface area contributed by atoms with Gasteiger partial charge in [0.1, 0.15) is 0 Å². The number of nitrogens with zero attached hydrogens (tertiary/aromatic N) is 3. The molecular weight excluding hydrogens is 553 g/mol. The molecule has 0 aliphatic carbocycles. The van der Waals surface area contributed by atoms with E-state index in [1.807, 2.05) is 60.4 Å². The Morgan fingerprint density at radius 3 is 2.46 bits per heavy atom. The highest BCUT2D eigenvalue weighted by Crippen LogP contribution is 2.33. The number of rotatable bonds is 7. The summed E-state index contributed by atoms with van der Waals surface area (Å²) in [4.78, 5) is 34.3. The molecule has 35 heavy (non-hydrogen) atoms. The Kier molecular flexibility index (Phi) is 8.38. The Morgan fingerprint density at radius 1 is 1.11 bits per heavy atom. The third-order valence-electron chi connectivity index (χ3n) is 6.34. The van der Waals surface area contributed by atoms with E-state index in [2.05, 4.69) is 22.6 Å². The molecule has 2 aliphatic rings. The van der Waals surface area contributed by atoms with Crippen molar-refractivity contribution >= 4 is 49.9 Å². The van der Waals surface area contributed by atoms with E-state index in [0.29, 0.717) is 25.1 Å². The van der Waals surface area contributed by atoms with E-state index >= 15 is 0 Å². The van der Waals surface area contributed by atoms with Crippen LogP contribution >= 0.6 is 22.6 Å². The molecule has 184 valence electrons. The Labute approximate surface area is 220 Å². The molecular formula is C28H32IN3O3. The maximum absolute atomic E-state index is 13.3. The van der Waals surface area contributed by atoms with Crippen LogP contribution in [0, 0.1) is 0 Å². The maximum Gasteiger partial charge on any atom is 0.253 e. The summed E-state index contributed by atoms with van der Waals surface area (Å²) in [6, 6.07) is 13.8. The van der Waals surface area contributed by atoms with Crippen LogP contribution in [-0.4, -0.2) is 62.7 Å². The molecule has 1 fully saturated rings. The molecule has 4 rings (SSSR count). The largest absolute Gasteiger partial charge is 0.392 e. The van der Waals surface area contributed by atoms with E-state index in [1.54, 1.807) is 11.8 Å². The fourth-order valence-electron chi connectivity index (χ4n) is 4.62. The minimum atomic E-state index is -0.573. The lowest BCUT2D eigenvalue weighted by Crippen LogP contribution is -2.38. The summed E-state index contributed by atoms with van der Waals surface area (Å²) in [5.74, 6) is 0.0532. The van der Waals surface area contributed by atoms with E-state index in [9.17, 15) is 14.7 Å². The number of carbonyl (C=O) groups is 2. The number of hydrogen-bond donors (Lipinski definition) is 1. The molecule has 1 atom stereocenters. The van der Waals surface area contributed by atoms with Crippen molar-refractivity contribution in [3.8, 4) is 11.1 Å². The van der Waals surface area contributed by atoms with Crippen LogP contribution in [0.5, 0.6) is 0 Å². The van der Waals surface area contributed by atoms with Crippen LogP contribution in [-0.2, 0) is 4.79 Å². The van der Waals surface area contributed by atoms with Gasteiger partial charge in [0.25, 0.3) is 5.91 Å². The average molecular weight is 585 g/mol. The maximum atomic E-state index is 13.3. The molecule has 0 aromatic heterocycles. The van der Waals surface area contributed by atoms with Crippen LogP contribution in [0.1, 0.15) is 55.5 Å². The minimum Gasteiger partial charge on any atom is -0.392 e. The third-order valence-corrected chi connectivity index (χ3v) is 6.96. The summed E-state index contributed by atoms with van der Waals surface area (Å²) in [5, 5.41) is 9.84. The van der Waals surface area contributed by atoms with Gasteiger partial charge in [-0.25, -0.2) is 4.99 Å². The monoisotopic (exact) mass is 585 g/mol. The number of halogens is 1. The fraction of sp³-hybridized carbons (Fsp3) is 0.393. The van der Waals surface area contributed by atoms with Crippen molar-refractivity contribution in [1.82, 2.24) is 9.80 Å². The van der Waals surface area contributed by atoms with Crippen LogP contribution in [0.3, 0.4) is 0 Å². The number of aliphatic imine (C=N–C) groups is 1. The lowest BCUT2D eigenvalue weighted by atomic mass is 9.99. The van der Waals surface area contributed by atoms with E-state index in [0.717, 1.165) is 64.0 Å². The zero-order valence-electron chi connectivity index (χ0n) is 20.3. The highest BCUT2D eigenvalue weighted by molar-refractivity contribution is 14.1. The van der Waals surface area contributed by atoms with Crippen molar-refractivity contribution < 1.29 is 14.7 Å². The number of likely N-dealkylation sites (tertiary alicyclic amines) is 1. The number of aliphatic hydroxyl groups is 1. The normalized spacial score (nSPS) is 16.2. The highest BCUT2D eigenvalue weighted by Gasteiger charge is 2.23. The molecule has 0 radical (unpaired) electrons. The standard InChI is InChI=1S/C28H32IN3O3/c1-3-12-32(18-19(2)33)28(35)24-15-23-11-10-22(16-25(23)30-26(29)17-24)20-6-8-21(9-7-20)27(34)31-13-4-5-14-31/h6-11,15-16,19,33H,3-5,12-14,17-18H2,1-2H3/t19-/m1/s1. The highest BCUT2D eigenvalue weighted by atomic mass is 127. The summed E-state index contributed by atoms with van der Waals surface area (Å²) in [6.45, 7) is 6.34. The first-order chi connectivity index (χ1) is 16.9. The SMILES string of the molecule is CCCN(C[C@@H](C)O)C(=O)C1=Cc2ccc(-c3ccc(C(=O)N4CCCC4)cc3)cc2N=C(I)C1. The molecule has 0 spiro atoms. The average Bonchev–Trinajstić information content (AvgIpc) is 3.32. The van der Waals surface area contributed by atoms with Crippen LogP contribution < -0.4 is 0 Å². The van der Waals surface area contributed by atoms with E-state index in [4.69, 9.17) is 4.99 Å². The molecule has 2 aromatic carbocycles. The number of hydrogen-bond acceptors (Lipinski definition) is 4. The van der Waals surface area contributed by atoms with E-state index in [-0.39, 0.29) is 11.8 Å². The first-order valence-electron chi connectivity index (χ1n) is 12.3. The summed E-state index contributed by atoms with van der Waals surface area (Å²) in [6.07, 6.45) is 4.82. The van der Waals surface area contributed by atoms with Crippen LogP contribution in [0.4, 0.5) is 5.69 Å². The van der Waals surface area contributed by atoms with E-state index < -0.39 is 6.10 Å². The number of benzene rings is 2. The number of amides is 2. The molecule has 2 heterocycles. The summed E-state index contributed by atoms with van der Waals surface area (Å²) >= 11 is 2.20. The predicted octanol–water partition coefficient (Wildman–Crippen LogP) is 5.46. The van der Waals surface area contributed by atoms with Crippen molar-refractivity contribution in [2.45, 2.75) is 45.6 Å². The summed E-state index contributed by atoms with van der Waals surface area (Å²) in [7, 11) is 0. The molecule has 0 bridgehead atoms. The van der Waals surface area contributed by atoms with Gasteiger partial charge < -0.3 is 14.9 Å². The molecule has 1 N–H and O–H groups in total. The molecule has 0 saturated carbocycles. The number of carbonyl (C=O) groups excluding carboxylic acids is 2. The molecule has 6 nitrogen and oxygen atoms in total. The second-order valence-electron chi connectivity index (χ2n) is 9.28. The summed E-state index contributed by atoms with van der Waals surface area (Å²) < 4.78 is 0.846. The zero-order valence-corrected chi connectivity index (χ0v) is 22.5. The lowest BCUT2D eigenvalue weighted by Gasteiger charge is -2.24. The van der Waals surface area contributed by atoms with Crippen molar-refractivity contribution in [2.75, 3.05) is 26.2 Å². The van der Waals surface area contributed by atoms with Gasteiger partial charge in [0.2, 0.25) is 5.91 Å². The first kappa shape index (κ1) is 25.6. The number of aliphatic hydroxyl groups excluding tert-OH is 1. The lowest BCUT2D eigenvalue weighted by molar-refractivity contribution is -0.128. The zero-order chi connectivity index (χ0) is 24.9. The fourth-order valence-corrected chi connectivity index (χ4v) is 5.29. The van der Waals surface area contributed by atoms with Gasteiger partial charge in [-0.3, -0.25) is 9.59 Å². The minimum absolute atomic E-state index is 0.0488. The van der Waals surface area contributed by atoms with Gasteiger partial charge in [-0.2, -0.15) is 0 Å². The van der Waals surface area contributed by atoms with Gasteiger partial charge in [-0.1, -0.05) is 31.2 Å². The topological polar surface area (TPSA) is 73.2 Å². The number of fused-ring (bicyclic) bond motifs is 1. The van der Waals surface area contributed by atoms with Crippen molar-refractivity contribution in [3.05, 3.63) is 59.2 Å². The second kappa shape index (κ2) is 11.5. The predicted molar refractivity (Wildman–Crippen MR) is 149 cm³/mol. The summed E-state index contributed by atoms with van der Waals surface area (Å²) in [5.41, 5.74) is 5.16. The van der Waals surface area contributed by atoms with Crippen molar-refractivity contribution in [2.24, 2.45) is 4.99 Å². The second-order valence-corrected chi connectivity index (χ2v) is 10.5. The third kappa shape index (κ3) is 6.19. The first-order valence-corrected chi connectivity index (χ1v) is 13.4. The Morgan fingerprint density at radius 2 is 1.80 bits per heavy atom. The van der Waals surface area contributed by atoms with Gasteiger partial charge in [0, 0.05) is 49.3 Å². The van der Waals surface area contributed by atoms with Crippen LogP contribution in [0.15, 0.2) is 53.0 Å². The molecule has 2 aliphatic heterocycles. The van der Waals surface area contributed by atoms with E-state index in [1.165, 1.54) is 0 Å². The molecule has 7 heteroatoms. The van der Waals surface area contributed by atoms with Gasteiger partial charge in [-0.15, -0.1) is 0 Å². The van der Waals surface area contributed by atoms with Crippen LogP contribution in [0.25, 0.3) is 17.2 Å². The van der Waals surface area contributed by atoms with Gasteiger partial charge in [0.15, 0.2) is 0 Å². The smallest absolute Gasteiger partial charge is 0.253 e. The molecule has 1 saturated heterocycles. The Bertz CT molecular complexity index is 1150. The van der Waals surface area contributed by atoms with Crippen LogP contribution in [0.2, 0.25) is 0 Å². The quantitative estimate of drug-likeness (QED) is 0.439. The molecule has 2 aromatic rings.